The van der Waals surface area contributed by atoms with Gasteiger partial charge in [0.05, 0.1) is 6.54 Å². The number of anilines is 1. The highest BCUT2D eigenvalue weighted by Gasteiger charge is 2.10. The SMILES string of the molecule is Cc1ccccc1CN(C)C(=O)CNc1cccc2ccccc12. The average Bonchev–Trinajstić information content (AvgIpc) is 2.61. The van der Waals surface area contributed by atoms with Crippen LogP contribution < -0.4 is 5.32 Å². The van der Waals surface area contributed by atoms with Crippen LogP contribution in [-0.4, -0.2) is 24.4 Å². The predicted octanol–water partition coefficient (Wildman–Crippen LogP) is 4.22. The van der Waals surface area contributed by atoms with E-state index in [9.17, 15) is 4.79 Å². The number of fused-ring (bicyclic) bond motifs is 1. The summed E-state index contributed by atoms with van der Waals surface area (Å²) < 4.78 is 0. The van der Waals surface area contributed by atoms with Gasteiger partial charge in [-0.1, -0.05) is 60.7 Å². The summed E-state index contributed by atoms with van der Waals surface area (Å²) in [7, 11) is 1.85. The van der Waals surface area contributed by atoms with E-state index in [1.54, 1.807) is 4.90 Å². The van der Waals surface area contributed by atoms with Crippen molar-refractivity contribution in [3.63, 3.8) is 0 Å². The fraction of sp³-hybridized carbons (Fsp3) is 0.190. The van der Waals surface area contributed by atoms with Crippen molar-refractivity contribution in [1.82, 2.24) is 4.90 Å². The Kier molecular flexibility index (Phi) is 4.80. The second-order valence-corrected chi connectivity index (χ2v) is 6.06. The summed E-state index contributed by atoms with van der Waals surface area (Å²) >= 11 is 0. The Morgan fingerprint density at radius 2 is 1.67 bits per heavy atom. The minimum absolute atomic E-state index is 0.0752. The zero-order valence-electron chi connectivity index (χ0n) is 14.1. The summed E-state index contributed by atoms with van der Waals surface area (Å²) in [6.45, 7) is 2.99. The number of aryl methyl sites for hydroxylation is 1. The second-order valence-electron chi connectivity index (χ2n) is 6.06. The topological polar surface area (TPSA) is 32.3 Å². The maximum absolute atomic E-state index is 12.4. The van der Waals surface area contributed by atoms with Crippen LogP contribution in [0.1, 0.15) is 11.1 Å². The van der Waals surface area contributed by atoms with E-state index in [1.807, 2.05) is 43.4 Å². The van der Waals surface area contributed by atoms with E-state index in [2.05, 4.69) is 42.6 Å². The number of likely N-dealkylation sites (N-methyl/N-ethyl adjacent to an activating group) is 1. The molecule has 0 spiro atoms. The molecule has 0 aliphatic heterocycles. The summed E-state index contributed by atoms with van der Waals surface area (Å²) in [5, 5.41) is 5.58. The molecule has 0 saturated carbocycles. The standard InChI is InChI=1S/C21H22N2O/c1-16-8-3-4-10-18(16)15-23(2)21(24)14-22-20-13-7-11-17-9-5-6-12-19(17)20/h3-13,22H,14-15H2,1-2H3. The van der Waals surface area contributed by atoms with Crippen LogP contribution in [0.5, 0.6) is 0 Å². The first-order valence-electron chi connectivity index (χ1n) is 8.15. The van der Waals surface area contributed by atoms with E-state index >= 15 is 0 Å². The fourth-order valence-electron chi connectivity index (χ4n) is 2.82. The van der Waals surface area contributed by atoms with Gasteiger partial charge >= 0.3 is 0 Å². The maximum atomic E-state index is 12.4. The first-order chi connectivity index (χ1) is 11.6. The van der Waals surface area contributed by atoms with Gasteiger partial charge in [0.1, 0.15) is 0 Å². The molecule has 0 aliphatic rings. The Morgan fingerprint density at radius 1 is 0.958 bits per heavy atom. The van der Waals surface area contributed by atoms with Crippen molar-refractivity contribution < 1.29 is 4.79 Å². The molecule has 3 aromatic rings. The number of rotatable bonds is 5. The lowest BCUT2D eigenvalue weighted by molar-refractivity contribution is -0.128. The monoisotopic (exact) mass is 318 g/mol. The zero-order valence-corrected chi connectivity index (χ0v) is 14.1. The van der Waals surface area contributed by atoms with E-state index in [0.717, 1.165) is 11.1 Å². The highest BCUT2D eigenvalue weighted by Crippen LogP contribution is 2.22. The van der Waals surface area contributed by atoms with Gasteiger partial charge in [0.2, 0.25) is 5.91 Å². The van der Waals surface area contributed by atoms with Crippen LogP contribution in [0.25, 0.3) is 10.8 Å². The van der Waals surface area contributed by atoms with Crippen molar-refractivity contribution in [2.24, 2.45) is 0 Å². The zero-order chi connectivity index (χ0) is 16.9. The van der Waals surface area contributed by atoms with Gasteiger partial charge in [-0.3, -0.25) is 4.79 Å². The molecule has 122 valence electrons. The highest BCUT2D eigenvalue weighted by molar-refractivity contribution is 5.95. The lowest BCUT2D eigenvalue weighted by atomic mass is 10.1. The van der Waals surface area contributed by atoms with Gasteiger partial charge in [0, 0.05) is 24.7 Å². The molecule has 1 N–H and O–H groups in total. The van der Waals surface area contributed by atoms with E-state index in [4.69, 9.17) is 0 Å². The van der Waals surface area contributed by atoms with Crippen molar-refractivity contribution in [3.05, 3.63) is 77.9 Å². The van der Waals surface area contributed by atoms with Gasteiger partial charge < -0.3 is 10.2 Å². The Labute approximate surface area is 142 Å². The molecule has 0 atom stereocenters. The molecule has 0 aromatic heterocycles. The largest absolute Gasteiger partial charge is 0.376 e. The van der Waals surface area contributed by atoms with Crippen LogP contribution in [-0.2, 0) is 11.3 Å². The van der Waals surface area contributed by atoms with E-state index in [1.165, 1.54) is 16.5 Å². The molecule has 0 saturated heterocycles. The van der Waals surface area contributed by atoms with Crippen LogP contribution in [0.2, 0.25) is 0 Å². The first kappa shape index (κ1) is 16.1. The van der Waals surface area contributed by atoms with Crippen LogP contribution in [0.4, 0.5) is 5.69 Å². The van der Waals surface area contributed by atoms with Gasteiger partial charge in [-0.05, 0) is 29.5 Å². The Bertz CT molecular complexity index is 852. The number of benzene rings is 3. The third-order valence-electron chi connectivity index (χ3n) is 4.31. The summed E-state index contributed by atoms with van der Waals surface area (Å²) in [6, 6.07) is 22.4. The fourth-order valence-corrected chi connectivity index (χ4v) is 2.82. The van der Waals surface area contributed by atoms with Gasteiger partial charge in [-0.2, -0.15) is 0 Å². The number of nitrogens with zero attached hydrogens (tertiary/aromatic N) is 1. The van der Waals surface area contributed by atoms with Gasteiger partial charge in [-0.25, -0.2) is 0 Å². The van der Waals surface area contributed by atoms with Gasteiger partial charge in [-0.15, -0.1) is 0 Å². The minimum Gasteiger partial charge on any atom is -0.376 e. The van der Waals surface area contributed by atoms with Crippen molar-refractivity contribution in [3.8, 4) is 0 Å². The van der Waals surface area contributed by atoms with Crippen LogP contribution in [0, 0.1) is 6.92 Å². The molecule has 3 nitrogen and oxygen atoms in total. The lowest BCUT2D eigenvalue weighted by Crippen LogP contribution is -2.32. The Balaban J connectivity index is 1.65. The molecule has 0 heterocycles. The molecule has 0 fully saturated rings. The van der Waals surface area contributed by atoms with Crippen molar-refractivity contribution in [1.29, 1.82) is 0 Å². The lowest BCUT2D eigenvalue weighted by Gasteiger charge is -2.19. The molecule has 0 bridgehead atoms. The van der Waals surface area contributed by atoms with E-state index < -0.39 is 0 Å². The Hall–Kier alpha value is -2.81. The smallest absolute Gasteiger partial charge is 0.241 e. The maximum Gasteiger partial charge on any atom is 0.241 e. The molecular weight excluding hydrogens is 296 g/mol. The summed E-state index contributed by atoms with van der Waals surface area (Å²) in [5.74, 6) is 0.0752. The molecule has 0 radical (unpaired) electrons. The minimum atomic E-state index is 0.0752. The van der Waals surface area contributed by atoms with Crippen LogP contribution >= 0.6 is 0 Å². The van der Waals surface area contributed by atoms with Gasteiger partial charge in [0.25, 0.3) is 0 Å². The van der Waals surface area contributed by atoms with Crippen molar-refractivity contribution in [2.75, 3.05) is 18.9 Å². The van der Waals surface area contributed by atoms with Crippen LogP contribution in [0.3, 0.4) is 0 Å². The number of hydrogen-bond acceptors (Lipinski definition) is 2. The van der Waals surface area contributed by atoms with Crippen molar-refractivity contribution in [2.45, 2.75) is 13.5 Å². The molecule has 1 amide bonds. The number of amides is 1. The number of hydrogen-bond donors (Lipinski definition) is 1. The molecule has 3 rings (SSSR count). The molecule has 0 aliphatic carbocycles. The quantitative estimate of drug-likeness (QED) is 0.764. The number of carbonyl (C=O) groups is 1. The Morgan fingerprint density at radius 3 is 2.50 bits per heavy atom. The van der Waals surface area contributed by atoms with Crippen molar-refractivity contribution >= 4 is 22.4 Å². The molecule has 3 heteroatoms. The number of nitrogens with one attached hydrogen (secondary N) is 1. The second kappa shape index (κ2) is 7.18. The number of carbonyl (C=O) groups excluding carboxylic acids is 1. The summed E-state index contributed by atoms with van der Waals surface area (Å²) in [5.41, 5.74) is 3.38. The van der Waals surface area contributed by atoms with Crippen LogP contribution in [0.15, 0.2) is 66.7 Å². The van der Waals surface area contributed by atoms with Gasteiger partial charge in [0.15, 0.2) is 0 Å². The molecular formula is C21H22N2O. The molecule has 0 unspecified atom stereocenters. The predicted molar refractivity (Wildman–Crippen MR) is 100 cm³/mol. The highest BCUT2D eigenvalue weighted by atomic mass is 16.2. The average molecular weight is 318 g/mol. The third kappa shape index (κ3) is 3.57. The summed E-state index contributed by atoms with van der Waals surface area (Å²) in [4.78, 5) is 14.2. The normalized spacial score (nSPS) is 10.6. The third-order valence-corrected chi connectivity index (χ3v) is 4.31. The van der Waals surface area contributed by atoms with E-state index in [0.29, 0.717) is 6.54 Å². The molecule has 24 heavy (non-hydrogen) atoms. The molecule has 3 aromatic carbocycles. The van der Waals surface area contributed by atoms with E-state index in [-0.39, 0.29) is 12.5 Å². The first-order valence-corrected chi connectivity index (χ1v) is 8.15. The summed E-state index contributed by atoms with van der Waals surface area (Å²) in [6.07, 6.45) is 0.